The number of rotatable bonds is 2. The third kappa shape index (κ3) is 2.98. The summed E-state index contributed by atoms with van der Waals surface area (Å²) in [7, 11) is 0. The van der Waals surface area contributed by atoms with Gasteiger partial charge in [-0.2, -0.15) is 0 Å². The Kier molecular flexibility index (Phi) is 3.87. The van der Waals surface area contributed by atoms with Gasteiger partial charge in [0.05, 0.1) is 11.9 Å². The summed E-state index contributed by atoms with van der Waals surface area (Å²) in [6.07, 6.45) is 8.57. The highest BCUT2D eigenvalue weighted by Gasteiger charge is 2.28. The van der Waals surface area contributed by atoms with Crippen LogP contribution in [0.15, 0.2) is 11.8 Å². The highest BCUT2D eigenvalue weighted by Crippen LogP contribution is 2.34. The fourth-order valence-corrected chi connectivity index (χ4v) is 3.03. The first kappa shape index (κ1) is 11.9. The lowest BCUT2D eigenvalue weighted by Crippen LogP contribution is -2.34. The summed E-state index contributed by atoms with van der Waals surface area (Å²) in [6, 6.07) is 0.211. The Morgan fingerprint density at radius 2 is 1.94 bits per heavy atom. The molecule has 2 unspecified atom stereocenters. The summed E-state index contributed by atoms with van der Waals surface area (Å²) < 4.78 is 0. The minimum atomic E-state index is -0.0791. The summed E-state index contributed by atoms with van der Waals surface area (Å²) in [5.41, 5.74) is 6.08. The molecular formula is C13H23NO2. The maximum Gasteiger partial charge on any atom is 0.0886 e. The average Bonchev–Trinajstić information content (AvgIpc) is 2.27. The van der Waals surface area contributed by atoms with Gasteiger partial charge in [0.2, 0.25) is 0 Å². The van der Waals surface area contributed by atoms with Crippen LogP contribution in [0.1, 0.15) is 44.9 Å². The number of aliphatic hydroxyl groups is 2. The van der Waals surface area contributed by atoms with Crippen molar-refractivity contribution in [3.8, 4) is 0 Å². The van der Waals surface area contributed by atoms with Crippen LogP contribution in [0, 0.1) is 11.8 Å². The van der Waals surface area contributed by atoms with Crippen molar-refractivity contribution in [2.45, 2.75) is 57.1 Å². The van der Waals surface area contributed by atoms with Gasteiger partial charge in [-0.15, -0.1) is 0 Å². The second-order valence-corrected chi connectivity index (χ2v) is 5.47. The fraction of sp³-hybridized carbons (Fsp3) is 0.846. The predicted octanol–water partition coefficient (Wildman–Crippen LogP) is 2.11. The summed E-state index contributed by atoms with van der Waals surface area (Å²) in [4.78, 5) is 0. The SMILES string of the molecule is NC1CC=C(O)CC1CC1CCC(O)CC1. The molecule has 1 fully saturated rings. The van der Waals surface area contributed by atoms with E-state index in [-0.39, 0.29) is 12.1 Å². The molecule has 1 saturated carbocycles. The second-order valence-electron chi connectivity index (χ2n) is 5.47. The van der Waals surface area contributed by atoms with Crippen molar-refractivity contribution in [1.82, 2.24) is 0 Å². The van der Waals surface area contributed by atoms with Crippen molar-refractivity contribution in [3.63, 3.8) is 0 Å². The lowest BCUT2D eigenvalue weighted by Gasteiger charge is -2.32. The predicted molar refractivity (Wildman–Crippen MR) is 64.0 cm³/mol. The van der Waals surface area contributed by atoms with Crippen molar-refractivity contribution in [2.24, 2.45) is 17.6 Å². The van der Waals surface area contributed by atoms with Crippen LogP contribution in [0.4, 0.5) is 0 Å². The number of hydrogen-bond acceptors (Lipinski definition) is 3. The van der Waals surface area contributed by atoms with Gasteiger partial charge < -0.3 is 15.9 Å². The third-order valence-corrected chi connectivity index (χ3v) is 4.15. The number of aliphatic hydroxyl groups excluding tert-OH is 2. The molecule has 0 aromatic carbocycles. The molecule has 0 aromatic rings. The zero-order valence-corrected chi connectivity index (χ0v) is 9.81. The Labute approximate surface area is 97.3 Å². The van der Waals surface area contributed by atoms with E-state index in [9.17, 15) is 10.2 Å². The van der Waals surface area contributed by atoms with Crippen molar-refractivity contribution in [3.05, 3.63) is 11.8 Å². The molecule has 2 aliphatic carbocycles. The molecule has 0 aromatic heterocycles. The van der Waals surface area contributed by atoms with Gasteiger partial charge in [0, 0.05) is 12.5 Å². The molecule has 0 heterocycles. The molecule has 0 bridgehead atoms. The summed E-state index contributed by atoms with van der Waals surface area (Å²) in [5.74, 6) is 1.65. The van der Waals surface area contributed by atoms with Gasteiger partial charge >= 0.3 is 0 Å². The van der Waals surface area contributed by atoms with E-state index in [0.29, 0.717) is 17.6 Å². The van der Waals surface area contributed by atoms with E-state index in [4.69, 9.17) is 5.73 Å². The van der Waals surface area contributed by atoms with Crippen LogP contribution in [0.25, 0.3) is 0 Å². The minimum Gasteiger partial charge on any atom is -0.513 e. The highest BCUT2D eigenvalue weighted by molar-refractivity contribution is 5.02. The molecule has 92 valence electrons. The number of hydrogen-bond donors (Lipinski definition) is 3. The molecule has 0 radical (unpaired) electrons. The zero-order valence-electron chi connectivity index (χ0n) is 9.81. The first-order valence-corrected chi connectivity index (χ1v) is 6.46. The normalized spacial score (nSPS) is 40.5. The lowest BCUT2D eigenvalue weighted by molar-refractivity contribution is 0.0980. The van der Waals surface area contributed by atoms with Gasteiger partial charge in [0.1, 0.15) is 0 Å². The van der Waals surface area contributed by atoms with E-state index < -0.39 is 0 Å². The van der Waals surface area contributed by atoms with Crippen molar-refractivity contribution in [2.75, 3.05) is 0 Å². The molecule has 3 nitrogen and oxygen atoms in total. The van der Waals surface area contributed by atoms with E-state index >= 15 is 0 Å². The van der Waals surface area contributed by atoms with E-state index in [1.807, 2.05) is 6.08 Å². The molecule has 0 aliphatic heterocycles. The van der Waals surface area contributed by atoms with Crippen molar-refractivity contribution >= 4 is 0 Å². The topological polar surface area (TPSA) is 66.5 Å². The molecule has 2 rings (SSSR count). The Hall–Kier alpha value is -0.540. The summed E-state index contributed by atoms with van der Waals surface area (Å²) >= 11 is 0. The molecule has 4 N–H and O–H groups in total. The molecule has 2 atom stereocenters. The van der Waals surface area contributed by atoms with Gasteiger partial charge in [-0.05, 0) is 56.4 Å². The summed E-state index contributed by atoms with van der Waals surface area (Å²) in [6.45, 7) is 0. The lowest BCUT2D eigenvalue weighted by atomic mass is 9.76. The van der Waals surface area contributed by atoms with Gasteiger partial charge in [0.15, 0.2) is 0 Å². The van der Waals surface area contributed by atoms with E-state index in [1.165, 1.54) is 0 Å². The Morgan fingerprint density at radius 1 is 1.25 bits per heavy atom. The minimum absolute atomic E-state index is 0.0791. The Morgan fingerprint density at radius 3 is 2.62 bits per heavy atom. The maximum absolute atomic E-state index is 9.53. The largest absolute Gasteiger partial charge is 0.513 e. The van der Waals surface area contributed by atoms with E-state index in [0.717, 1.165) is 44.9 Å². The molecule has 0 saturated heterocycles. The summed E-state index contributed by atoms with van der Waals surface area (Å²) in [5, 5.41) is 19.0. The second kappa shape index (κ2) is 5.19. The van der Waals surface area contributed by atoms with Crippen LogP contribution in [0.2, 0.25) is 0 Å². The van der Waals surface area contributed by atoms with Crippen LogP contribution < -0.4 is 5.73 Å². The zero-order chi connectivity index (χ0) is 11.5. The number of nitrogens with two attached hydrogens (primary N) is 1. The monoisotopic (exact) mass is 225 g/mol. The smallest absolute Gasteiger partial charge is 0.0886 e. The molecule has 2 aliphatic rings. The average molecular weight is 225 g/mol. The van der Waals surface area contributed by atoms with E-state index in [1.54, 1.807) is 0 Å². The van der Waals surface area contributed by atoms with Crippen LogP contribution in [0.3, 0.4) is 0 Å². The van der Waals surface area contributed by atoms with Crippen LogP contribution >= 0.6 is 0 Å². The quantitative estimate of drug-likeness (QED) is 0.674. The molecule has 0 spiro atoms. The first-order valence-electron chi connectivity index (χ1n) is 6.46. The van der Waals surface area contributed by atoms with Gasteiger partial charge in [-0.1, -0.05) is 0 Å². The highest BCUT2D eigenvalue weighted by atomic mass is 16.3. The van der Waals surface area contributed by atoms with Crippen molar-refractivity contribution < 1.29 is 10.2 Å². The van der Waals surface area contributed by atoms with Gasteiger partial charge in [0.25, 0.3) is 0 Å². The van der Waals surface area contributed by atoms with Gasteiger partial charge in [-0.3, -0.25) is 0 Å². The molecule has 16 heavy (non-hydrogen) atoms. The van der Waals surface area contributed by atoms with Crippen LogP contribution in [-0.2, 0) is 0 Å². The molecular weight excluding hydrogens is 202 g/mol. The fourth-order valence-electron chi connectivity index (χ4n) is 3.03. The number of allylic oxidation sites excluding steroid dienone is 1. The maximum atomic E-state index is 9.53. The molecule has 3 heteroatoms. The third-order valence-electron chi connectivity index (χ3n) is 4.15. The van der Waals surface area contributed by atoms with Crippen LogP contribution in [-0.4, -0.2) is 22.4 Å². The van der Waals surface area contributed by atoms with E-state index in [2.05, 4.69) is 0 Å². The first-order chi connectivity index (χ1) is 7.65. The Balaban J connectivity index is 1.82. The standard InChI is InChI=1S/C13H23NO2/c14-13-6-5-12(16)8-10(13)7-9-1-3-11(15)4-2-9/h5,9-11,13,15-16H,1-4,6-8,14H2. The van der Waals surface area contributed by atoms with Crippen LogP contribution in [0.5, 0.6) is 0 Å². The Bertz CT molecular complexity index is 257. The van der Waals surface area contributed by atoms with Crippen molar-refractivity contribution in [1.29, 1.82) is 0 Å². The van der Waals surface area contributed by atoms with Gasteiger partial charge in [-0.25, -0.2) is 0 Å². The molecule has 0 amide bonds.